The number of carbonyl (C=O) groups excluding carboxylic acids is 2. The van der Waals surface area contributed by atoms with Crippen molar-refractivity contribution in [3.05, 3.63) is 57.6 Å². The molecule has 0 bridgehead atoms. The molecule has 0 aromatic heterocycles. The first-order valence-corrected chi connectivity index (χ1v) is 10.4. The molecular weight excluding hydrogens is 436 g/mol. The Morgan fingerprint density at radius 1 is 1.21 bits per heavy atom. The van der Waals surface area contributed by atoms with Gasteiger partial charge in [-0.25, -0.2) is 0 Å². The molecule has 1 atom stereocenters. The number of halogens is 1. The molecule has 3 rings (SSSR count). The summed E-state index contributed by atoms with van der Waals surface area (Å²) in [5.74, 6) is 0.0556. The van der Waals surface area contributed by atoms with Crippen LogP contribution < -0.4 is 15.4 Å². The first-order chi connectivity index (χ1) is 13.9. The molecule has 0 spiro atoms. The highest BCUT2D eigenvalue weighted by atomic mass is 79.9. The summed E-state index contributed by atoms with van der Waals surface area (Å²) in [7, 11) is 0. The van der Waals surface area contributed by atoms with Crippen LogP contribution in [0.1, 0.15) is 34.3 Å². The fourth-order valence-electron chi connectivity index (χ4n) is 3.22. The van der Waals surface area contributed by atoms with Crippen molar-refractivity contribution in [1.82, 2.24) is 5.32 Å². The molecule has 6 nitrogen and oxygen atoms in total. The standard InChI is InChI=1S/C22H25BrN2O4/c1-14-10-17(11-15(2)21(14)23)29-13-20(26)25-19-8-4-3-7-18(19)22(27)24-12-16-6-5-9-28-16/h3-4,7-8,10-11,16H,5-6,9,12-13H2,1-2H3,(H,24,27)(H,25,26). The smallest absolute Gasteiger partial charge is 0.262 e. The predicted octanol–water partition coefficient (Wildman–Crippen LogP) is 3.99. The molecule has 1 saturated heterocycles. The molecule has 1 aliphatic heterocycles. The maximum absolute atomic E-state index is 12.5. The Bertz CT molecular complexity index is 871. The third-order valence-corrected chi connectivity index (χ3v) is 5.99. The fraction of sp³-hybridized carbons (Fsp3) is 0.364. The Morgan fingerprint density at radius 3 is 2.62 bits per heavy atom. The monoisotopic (exact) mass is 460 g/mol. The van der Waals surface area contributed by atoms with Crippen molar-refractivity contribution >= 4 is 33.4 Å². The highest BCUT2D eigenvalue weighted by Crippen LogP contribution is 2.26. The number of rotatable bonds is 7. The molecule has 1 heterocycles. The molecule has 1 unspecified atom stereocenters. The zero-order valence-electron chi connectivity index (χ0n) is 16.6. The van der Waals surface area contributed by atoms with Gasteiger partial charge in [-0.05, 0) is 62.1 Å². The van der Waals surface area contributed by atoms with Crippen LogP contribution in [0.5, 0.6) is 5.75 Å². The molecular formula is C22H25BrN2O4. The second kappa shape index (κ2) is 9.89. The maximum Gasteiger partial charge on any atom is 0.262 e. The Labute approximate surface area is 179 Å². The van der Waals surface area contributed by atoms with Gasteiger partial charge in [0.25, 0.3) is 11.8 Å². The number of anilines is 1. The topological polar surface area (TPSA) is 76.7 Å². The molecule has 2 N–H and O–H groups in total. The normalized spacial score (nSPS) is 15.8. The second-order valence-electron chi connectivity index (χ2n) is 7.10. The van der Waals surface area contributed by atoms with Gasteiger partial charge in [-0.3, -0.25) is 9.59 Å². The lowest BCUT2D eigenvalue weighted by Gasteiger charge is -2.14. The fourth-order valence-corrected chi connectivity index (χ4v) is 3.45. The van der Waals surface area contributed by atoms with Crippen LogP contribution in [0.4, 0.5) is 5.69 Å². The van der Waals surface area contributed by atoms with E-state index in [1.54, 1.807) is 24.3 Å². The van der Waals surface area contributed by atoms with E-state index >= 15 is 0 Å². The van der Waals surface area contributed by atoms with Crippen molar-refractivity contribution in [3.63, 3.8) is 0 Å². The second-order valence-corrected chi connectivity index (χ2v) is 7.89. The third kappa shape index (κ3) is 5.81. The highest BCUT2D eigenvalue weighted by Gasteiger charge is 2.18. The first kappa shape index (κ1) is 21.3. The lowest BCUT2D eigenvalue weighted by Crippen LogP contribution is -2.32. The van der Waals surface area contributed by atoms with Crippen LogP contribution in [0.2, 0.25) is 0 Å². The number of hydrogen-bond donors (Lipinski definition) is 2. The van der Waals surface area contributed by atoms with Crippen LogP contribution >= 0.6 is 15.9 Å². The first-order valence-electron chi connectivity index (χ1n) is 9.62. The van der Waals surface area contributed by atoms with Crippen molar-refractivity contribution in [2.24, 2.45) is 0 Å². The minimum atomic E-state index is -0.331. The quantitative estimate of drug-likeness (QED) is 0.654. The number of amides is 2. The number of ether oxygens (including phenoxy) is 2. The minimum Gasteiger partial charge on any atom is -0.484 e. The van der Waals surface area contributed by atoms with Gasteiger partial charge in [0.1, 0.15) is 5.75 Å². The molecule has 1 aliphatic rings. The van der Waals surface area contributed by atoms with E-state index in [9.17, 15) is 9.59 Å². The Morgan fingerprint density at radius 2 is 1.93 bits per heavy atom. The van der Waals surface area contributed by atoms with Crippen molar-refractivity contribution in [3.8, 4) is 5.75 Å². The molecule has 154 valence electrons. The summed E-state index contributed by atoms with van der Waals surface area (Å²) in [5, 5.41) is 5.64. The van der Waals surface area contributed by atoms with E-state index in [0.29, 0.717) is 23.5 Å². The Kier molecular flexibility index (Phi) is 7.28. The summed E-state index contributed by atoms with van der Waals surface area (Å²) in [6, 6.07) is 10.7. The molecule has 2 amide bonds. The van der Waals surface area contributed by atoms with E-state index < -0.39 is 0 Å². The predicted molar refractivity (Wildman–Crippen MR) is 115 cm³/mol. The molecule has 0 radical (unpaired) electrons. The van der Waals surface area contributed by atoms with E-state index in [2.05, 4.69) is 26.6 Å². The van der Waals surface area contributed by atoms with E-state index in [0.717, 1.165) is 35.0 Å². The summed E-state index contributed by atoms with van der Waals surface area (Å²) in [5.41, 5.74) is 2.94. The molecule has 0 saturated carbocycles. The van der Waals surface area contributed by atoms with Crippen LogP contribution in [0.3, 0.4) is 0 Å². The van der Waals surface area contributed by atoms with Crippen LogP contribution in [0.15, 0.2) is 40.9 Å². The largest absolute Gasteiger partial charge is 0.484 e. The summed E-state index contributed by atoms with van der Waals surface area (Å²) in [4.78, 5) is 24.9. The molecule has 2 aromatic rings. The number of carbonyl (C=O) groups is 2. The van der Waals surface area contributed by atoms with E-state index in [-0.39, 0.29) is 24.5 Å². The Balaban J connectivity index is 1.58. The molecule has 29 heavy (non-hydrogen) atoms. The number of nitrogens with one attached hydrogen (secondary N) is 2. The van der Waals surface area contributed by atoms with Gasteiger partial charge in [0.2, 0.25) is 0 Å². The van der Waals surface area contributed by atoms with Crippen LogP contribution in [-0.4, -0.2) is 37.7 Å². The minimum absolute atomic E-state index is 0.0620. The van der Waals surface area contributed by atoms with E-state index in [1.165, 1.54) is 0 Å². The zero-order chi connectivity index (χ0) is 20.8. The number of benzene rings is 2. The number of para-hydroxylation sites is 1. The van der Waals surface area contributed by atoms with Gasteiger partial charge >= 0.3 is 0 Å². The van der Waals surface area contributed by atoms with Gasteiger partial charge in [0, 0.05) is 17.6 Å². The van der Waals surface area contributed by atoms with Crippen molar-refractivity contribution in [2.45, 2.75) is 32.8 Å². The summed E-state index contributed by atoms with van der Waals surface area (Å²) in [6.07, 6.45) is 2.03. The van der Waals surface area contributed by atoms with E-state index in [4.69, 9.17) is 9.47 Å². The summed E-state index contributed by atoms with van der Waals surface area (Å²) >= 11 is 3.51. The average Bonchev–Trinajstić information content (AvgIpc) is 3.22. The van der Waals surface area contributed by atoms with Gasteiger partial charge in [-0.2, -0.15) is 0 Å². The summed E-state index contributed by atoms with van der Waals surface area (Å²) < 4.78 is 12.2. The van der Waals surface area contributed by atoms with Gasteiger partial charge in [0.15, 0.2) is 6.61 Å². The number of hydrogen-bond acceptors (Lipinski definition) is 4. The van der Waals surface area contributed by atoms with E-state index in [1.807, 2.05) is 26.0 Å². The van der Waals surface area contributed by atoms with Crippen LogP contribution in [0.25, 0.3) is 0 Å². The molecule has 7 heteroatoms. The lowest BCUT2D eigenvalue weighted by molar-refractivity contribution is -0.118. The third-order valence-electron chi connectivity index (χ3n) is 4.74. The van der Waals surface area contributed by atoms with Crippen LogP contribution in [-0.2, 0) is 9.53 Å². The van der Waals surface area contributed by atoms with Crippen LogP contribution in [0, 0.1) is 13.8 Å². The lowest BCUT2D eigenvalue weighted by atomic mass is 10.1. The van der Waals surface area contributed by atoms with Crippen molar-refractivity contribution < 1.29 is 19.1 Å². The average molecular weight is 461 g/mol. The van der Waals surface area contributed by atoms with Crippen molar-refractivity contribution in [2.75, 3.05) is 25.1 Å². The summed E-state index contributed by atoms with van der Waals surface area (Å²) in [6.45, 7) is 4.99. The molecule has 1 fully saturated rings. The molecule has 0 aliphatic carbocycles. The van der Waals surface area contributed by atoms with Gasteiger partial charge < -0.3 is 20.1 Å². The Hall–Kier alpha value is -2.38. The number of aryl methyl sites for hydroxylation is 2. The SMILES string of the molecule is Cc1cc(OCC(=O)Nc2ccccc2C(=O)NCC2CCCO2)cc(C)c1Br. The zero-order valence-corrected chi connectivity index (χ0v) is 18.2. The van der Waals surface area contributed by atoms with Gasteiger partial charge in [-0.1, -0.05) is 28.1 Å². The van der Waals surface area contributed by atoms with Crippen molar-refractivity contribution in [1.29, 1.82) is 0 Å². The van der Waals surface area contributed by atoms with Gasteiger partial charge in [-0.15, -0.1) is 0 Å². The van der Waals surface area contributed by atoms with Gasteiger partial charge in [0.05, 0.1) is 17.4 Å². The molecule has 2 aromatic carbocycles. The maximum atomic E-state index is 12.5. The highest BCUT2D eigenvalue weighted by molar-refractivity contribution is 9.10.